The van der Waals surface area contributed by atoms with Crippen LogP contribution in [0.15, 0.2) is 60.5 Å². The lowest BCUT2D eigenvalue weighted by molar-refractivity contribution is -0.233. The van der Waals surface area contributed by atoms with Crippen molar-refractivity contribution in [2.45, 2.75) is 0 Å². The van der Waals surface area contributed by atoms with E-state index in [0.29, 0.717) is 33.0 Å². The van der Waals surface area contributed by atoms with Crippen LogP contribution in [0.3, 0.4) is 0 Å². The van der Waals surface area contributed by atoms with Crippen LogP contribution in [0.4, 0.5) is 26.7 Å². The van der Waals surface area contributed by atoms with E-state index in [1.807, 2.05) is 6.07 Å². The number of amides is 2. The SMILES string of the molecule is O=C1Nc2c[s+](C(=O)[O-])c3nccc(c23)N1c1cccnc1-c1cccnc1. The number of carbonyl (C=O) groups excluding carboxylic acids is 2. The first-order chi connectivity index (χ1) is 13.6. The predicted molar refractivity (Wildman–Crippen MR) is 104 cm³/mol. The molecule has 1 unspecified atom stereocenters. The maximum absolute atomic E-state index is 13.0. The van der Waals surface area contributed by atoms with E-state index in [4.69, 9.17) is 0 Å². The molecule has 9 heteroatoms. The number of aromatic nitrogens is 3. The molecule has 136 valence electrons. The maximum atomic E-state index is 13.0. The Morgan fingerprint density at radius 1 is 1.07 bits per heavy atom. The van der Waals surface area contributed by atoms with Crippen LogP contribution >= 0.6 is 10.5 Å². The fourth-order valence-corrected chi connectivity index (χ4v) is 4.70. The number of pyridine rings is 3. The van der Waals surface area contributed by atoms with Crippen molar-refractivity contribution in [2.24, 2.45) is 0 Å². The average molecular weight is 389 g/mol. The molecule has 0 bridgehead atoms. The predicted octanol–water partition coefficient (Wildman–Crippen LogP) is 3.32. The van der Waals surface area contributed by atoms with Gasteiger partial charge in [-0.15, -0.1) is 0 Å². The fraction of sp³-hybridized carbons (Fsp3) is 0. The third-order valence-corrected chi connectivity index (χ3v) is 5.99. The normalized spacial score (nSPS) is 13.5. The smallest absolute Gasteiger partial charge is 0.331 e. The number of thiophene rings is 1. The highest BCUT2D eigenvalue weighted by atomic mass is 32.2. The van der Waals surface area contributed by atoms with Crippen LogP contribution in [-0.4, -0.2) is 26.3 Å². The number of urea groups is 1. The second kappa shape index (κ2) is 6.10. The molecule has 5 heterocycles. The molecule has 0 aliphatic carbocycles. The lowest BCUT2D eigenvalue weighted by Gasteiger charge is -2.28. The van der Waals surface area contributed by atoms with E-state index in [-0.39, 0.29) is 0 Å². The van der Waals surface area contributed by atoms with Gasteiger partial charge in [-0.25, -0.2) is 9.78 Å². The minimum absolute atomic E-state index is 0.379. The molecule has 5 rings (SSSR count). The third kappa shape index (κ3) is 2.33. The number of nitrogens with zero attached hydrogens (tertiary/aromatic N) is 4. The quantitative estimate of drug-likeness (QED) is 0.538. The average Bonchev–Trinajstić information content (AvgIpc) is 3.09. The Hall–Kier alpha value is -3.85. The summed E-state index contributed by atoms with van der Waals surface area (Å²) in [4.78, 5) is 39.1. The van der Waals surface area contributed by atoms with Crippen molar-refractivity contribution in [3.63, 3.8) is 0 Å². The Labute approximate surface area is 161 Å². The molecule has 2 amide bonds. The number of hydrogen-bond donors (Lipinski definition) is 1. The zero-order valence-corrected chi connectivity index (χ0v) is 15.0. The Morgan fingerprint density at radius 3 is 2.71 bits per heavy atom. The van der Waals surface area contributed by atoms with Crippen LogP contribution in [0.5, 0.6) is 0 Å². The van der Waals surface area contributed by atoms with E-state index >= 15 is 0 Å². The van der Waals surface area contributed by atoms with E-state index in [2.05, 4.69) is 20.3 Å². The van der Waals surface area contributed by atoms with Gasteiger partial charge < -0.3 is 15.2 Å². The molecular weight excluding hydrogens is 378 g/mol. The largest absolute Gasteiger partial charge is 0.500 e. The molecule has 0 aromatic carbocycles. The summed E-state index contributed by atoms with van der Waals surface area (Å²) in [5.74, 6) is 0. The minimum Gasteiger partial charge on any atom is -0.500 e. The highest BCUT2D eigenvalue weighted by molar-refractivity contribution is 7.54. The summed E-state index contributed by atoms with van der Waals surface area (Å²) in [6.45, 7) is 0. The minimum atomic E-state index is -1.32. The Bertz CT molecular complexity index is 1260. The lowest BCUT2D eigenvalue weighted by atomic mass is 10.1. The molecule has 1 aliphatic heterocycles. The second-order valence-electron chi connectivity index (χ2n) is 6.01. The van der Waals surface area contributed by atoms with Crippen LogP contribution in [0, 0.1) is 0 Å². The molecular formula is C19H11N5O3S. The summed E-state index contributed by atoms with van der Waals surface area (Å²) in [7, 11) is -1.32. The molecule has 0 spiro atoms. The van der Waals surface area contributed by atoms with Crippen LogP contribution in [0.2, 0.25) is 0 Å². The zero-order chi connectivity index (χ0) is 19.3. The van der Waals surface area contributed by atoms with Gasteiger partial charge in [0.05, 0.1) is 27.5 Å². The summed E-state index contributed by atoms with van der Waals surface area (Å²) in [5, 5.41) is 15.1. The Kier molecular flexibility index (Phi) is 3.56. The molecule has 1 aliphatic rings. The van der Waals surface area contributed by atoms with Crippen LogP contribution < -0.4 is 15.3 Å². The monoisotopic (exact) mass is 389 g/mol. The summed E-state index contributed by atoms with van der Waals surface area (Å²) < 4.78 is 0. The van der Waals surface area contributed by atoms with Gasteiger partial charge in [0.15, 0.2) is 5.38 Å². The molecule has 0 fully saturated rings. The molecule has 4 aromatic heterocycles. The van der Waals surface area contributed by atoms with Gasteiger partial charge >= 0.3 is 11.3 Å². The van der Waals surface area contributed by atoms with Crippen molar-refractivity contribution in [3.8, 4) is 11.3 Å². The number of carboxylic acid groups (broad SMARTS) is 1. The summed E-state index contributed by atoms with van der Waals surface area (Å²) in [6, 6.07) is 8.45. The van der Waals surface area contributed by atoms with E-state index in [9.17, 15) is 14.7 Å². The van der Waals surface area contributed by atoms with Crippen molar-refractivity contribution >= 4 is 49.1 Å². The summed E-state index contributed by atoms with van der Waals surface area (Å²) >= 11 is 0. The van der Waals surface area contributed by atoms with Gasteiger partial charge in [-0.1, -0.05) is 0 Å². The van der Waals surface area contributed by atoms with Crippen LogP contribution in [-0.2, 0) is 0 Å². The standard InChI is InChI=1S/C19H11N5O3S/c25-18-23-12-10-28(19(26)27)17-15(12)13(5-8-22-17)24(18)14-4-2-7-21-16(14)11-3-1-6-20-9-11/h1-10H,(H-,23,25,26,27). The molecule has 0 radical (unpaired) electrons. The molecule has 28 heavy (non-hydrogen) atoms. The van der Waals surface area contributed by atoms with Gasteiger partial charge in [0, 0.05) is 30.4 Å². The van der Waals surface area contributed by atoms with Crippen molar-refractivity contribution in [3.05, 3.63) is 60.5 Å². The molecule has 1 N–H and O–H groups in total. The maximum Gasteiger partial charge on any atom is 0.331 e. The van der Waals surface area contributed by atoms with E-state index in [1.54, 1.807) is 42.9 Å². The summed E-state index contributed by atoms with van der Waals surface area (Å²) in [5.41, 5.74) is 2.89. The third-order valence-electron chi connectivity index (χ3n) is 4.43. The topological polar surface area (TPSA) is 111 Å². The van der Waals surface area contributed by atoms with Crippen molar-refractivity contribution in [1.82, 2.24) is 15.0 Å². The van der Waals surface area contributed by atoms with Gasteiger partial charge in [-0.05, 0) is 30.3 Å². The van der Waals surface area contributed by atoms with Crippen molar-refractivity contribution in [1.29, 1.82) is 0 Å². The fourth-order valence-electron chi connectivity index (χ4n) is 3.31. The highest BCUT2D eigenvalue weighted by Gasteiger charge is 2.35. The van der Waals surface area contributed by atoms with Gasteiger partial charge in [0.1, 0.15) is 11.1 Å². The second-order valence-corrected chi connectivity index (χ2v) is 7.64. The van der Waals surface area contributed by atoms with Gasteiger partial charge in [0.25, 0.3) is 4.83 Å². The van der Waals surface area contributed by atoms with Gasteiger partial charge in [-0.2, -0.15) is 0 Å². The number of anilines is 3. The molecule has 1 atom stereocenters. The highest BCUT2D eigenvalue weighted by Crippen LogP contribution is 2.47. The van der Waals surface area contributed by atoms with Crippen molar-refractivity contribution in [2.75, 3.05) is 10.2 Å². The van der Waals surface area contributed by atoms with Gasteiger partial charge in [0.2, 0.25) is 0 Å². The number of hydrogen-bond acceptors (Lipinski definition) is 6. The number of carbonyl (C=O) groups is 2. The number of rotatable bonds is 3. The van der Waals surface area contributed by atoms with E-state index in [0.717, 1.165) is 5.56 Å². The first kappa shape index (κ1) is 16.3. The molecule has 8 nitrogen and oxygen atoms in total. The van der Waals surface area contributed by atoms with Crippen LogP contribution in [0.1, 0.15) is 0 Å². The molecule has 4 aromatic rings. The van der Waals surface area contributed by atoms with E-state index < -0.39 is 21.8 Å². The first-order valence-corrected chi connectivity index (χ1v) is 9.56. The summed E-state index contributed by atoms with van der Waals surface area (Å²) in [6.07, 6.45) is 6.47. The molecule has 0 saturated carbocycles. The van der Waals surface area contributed by atoms with Gasteiger partial charge in [-0.3, -0.25) is 14.9 Å². The number of nitrogens with one attached hydrogen (secondary N) is 1. The Balaban J connectivity index is 1.77. The zero-order valence-electron chi connectivity index (χ0n) is 14.2. The lowest BCUT2D eigenvalue weighted by Crippen LogP contribution is -2.34. The van der Waals surface area contributed by atoms with Crippen LogP contribution in [0.25, 0.3) is 21.5 Å². The van der Waals surface area contributed by atoms with Crippen molar-refractivity contribution < 1.29 is 14.7 Å². The first-order valence-electron chi connectivity index (χ1n) is 8.27. The molecule has 0 saturated heterocycles. The Morgan fingerprint density at radius 2 is 1.93 bits per heavy atom. The van der Waals surface area contributed by atoms with E-state index in [1.165, 1.54) is 16.5 Å².